The van der Waals surface area contributed by atoms with E-state index in [1.165, 1.54) is 11.8 Å². The van der Waals surface area contributed by atoms with Crippen molar-refractivity contribution in [3.05, 3.63) is 63.1 Å². The standard InChI is InChI=1S/C19H18IN3O3S/c1-12-3-4-13(2)16(9-12)25-10-18-22-23-19(26-18)27-11-17(24)21-15-7-5-14(20)6-8-15/h3-9H,10-11H2,1-2H3,(H,21,24). The summed E-state index contributed by atoms with van der Waals surface area (Å²) in [5, 5.41) is 11.1. The molecule has 140 valence electrons. The number of carbonyl (C=O) groups excluding carboxylic acids is 1. The molecule has 0 radical (unpaired) electrons. The van der Waals surface area contributed by atoms with Crippen LogP contribution in [0.2, 0.25) is 0 Å². The number of aryl methyl sites for hydroxylation is 2. The summed E-state index contributed by atoms with van der Waals surface area (Å²) < 4.78 is 12.4. The number of amides is 1. The highest BCUT2D eigenvalue weighted by Gasteiger charge is 2.11. The van der Waals surface area contributed by atoms with Crippen LogP contribution in [0.1, 0.15) is 17.0 Å². The number of benzene rings is 2. The molecule has 0 bridgehead atoms. The van der Waals surface area contributed by atoms with Crippen LogP contribution in [0.15, 0.2) is 52.1 Å². The molecule has 6 nitrogen and oxygen atoms in total. The number of hydrogen-bond donors (Lipinski definition) is 1. The van der Waals surface area contributed by atoms with E-state index in [0.29, 0.717) is 11.1 Å². The second kappa shape index (κ2) is 9.23. The van der Waals surface area contributed by atoms with Gasteiger partial charge in [-0.3, -0.25) is 4.79 Å². The topological polar surface area (TPSA) is 77.2 Å². The van der Waals surface area contributed by atoms with E-state index >= 15 is 0 Å². The lowest BCUT2D eigenvalue weighted by atomic mass is 10.1. The van der Waals surface area contributed by atoms with Gasteiger partial charge >= 0.3 is 0 Å². The maximum Gasteiger partial charge on any atom is 0.277 e. The average molecular weight is 495 g/mol. The first-order chi connectivity index (χ1) is 13.0. The summed E-state index contributed by atoms with van der Waals surface area (Å²) in [6.07, 6.45) is 0. The molecular formula is C19H18IN3O3S. The molecule has 0 atom stereocenters. The Morgan fingerprint density at radius 3 is 2.74 bits per heavy atom. The molecule has 1 aromatic heterocycles. The van der Waals surface area contributed by atoms with Gasteiger partial charge in [0.1, 0.15) is 5.75 Å². The molecule has 0 saturated heterocycles. The fraction of sp³-hybridized carbons (Fsp3) is 0.211. The third-order valence-electron chi connectivity index (χ3n) is 3.60. The molecule has 0 aliphatic carbocycles. The molecule has 1 N–H and O–H groups in total. The lowest BCUT2D eigenvalue weighted by molar-refractivity contribution is -0.113. The quantitative estimate of drug-likeness (QED) is 0.382. The van der Waals surface area contributed by atoms with E-state index in [0.717, 1.165) is 26.1 Å². The van der Waals surface area contributed by atoms with Crippen molar-refractivity contribution in [2.24, 2.45) is 0 Å². The van der Waals surface area contributed by atoms with Crippen LogP contribution in [0, 0.1) is 17.4 Å². The average Bonchev–Trinajstić information content (AvgIpc) is 3.11. The highest BCUT2D eigenvalue weighted by Crippen LogP contribution is 2.22. The first-order valence-corrected chi connectivity index (χ1v) is 10.3. The number of halogens is 1. The van der Waals surface area contributed by atoms with Gasteiger partial charge in [-0.2, -0.15) is 0 Å². The summed E-state index contributed by atoms with van der Waals surface area (Å²) in [7, 11) is 0. The SMILES string of the molecule is Cc1ccc(C)c(OCc2nnc(SCC(=O)Nc3ccc(I)cc3)o2)c1. The number of aromatic nitrogens is 2. The van der Waals surface area contributed by atoms with Crippen LogP contribution in [-0.2, 0) is 11.4 Å². The fourth-order valence-corrected chi connectivity index (χ4v) is 3.15. The molecule has 0 saturated carbocycles. The van der Waals surface area contributed by atoms with E-state index in [-0.39, 0.29) is 18.3 Å². The summed E-state index contributed by atoms with van der Waals surface area (Å²) in [5.74, 6) is 1.22. The highest BCUT2D eigenvalue weighted by molar-refractivity contribution is 14.1. The Labute approximate surface area is 175 Å². The van der Waals surface area contributed by atoms with Crippen LogP contribution in [0.25, 0.3) is 0 Å². The van der Waals surface area contributed by atoms with Crippen LogP contribution in [0.4, 0.5) is 5.69 Å². The van der Waals surface area contributed by atoms with Crippen molar-refractivity contribution < 1.29 is 13.9 Å². The minimum Gasteiger partial charge on any atom is -0.484 e. The van der Waals surface area contributed by atoms with Crippen molar-refractivity contribution in [3.8, 4) is 5.75 Å². The van der Waals surface area contributed by atoms with E-state index in [1.807, 2.05) is 56.3 Å². The van der Waals surface area contributed by atoms with Gasteiger partial charge in [0, 0.05) is 9.26 Å². The van der Waals surface area contributed by atoms with Crippen LogP contribution in [-0.4, -0.2) is 21.9 Å². The maximum absolute atomic E-state index is 12.0. The van der Waals surface area contributed by atoms with Crippen molar-refractivity contribution >= 4 is 45.9 Å². The fourth-order valence-electron chi connectivity index (χ4n) is 2.21. The van der Waals surface area contributed by atoms with Crippen LogP contribution in [0.5, 0.6) is 5.75 Å². The predicted octanol–water partition coefficient (Wildman–Crippen LogP) is 4.60. The lowest BCUT2D eigenvalue weighted by Gasteiger charge is -2.07. The zero-order valence-electron chi connectivity index (χ0n) is 14.9. The van der Waals surface area contributed by atoms with Crippen molar-refractivity contribution in [1.82, 2.24) is 10.2 Å². The summed E-state index contributed by atoms with van der Waals surface area (Å²) >= 11 is 3.41. The number of nitrogens with zero attached hydrogens (tertiary/aromatic N) is 2. The van der Waals surface area contributed by atoms with Gasteiger partial charge < -0.3 is 14.5 Å². The molecule has 0 fully saturated rings. The Kier molecular flexibility index (Phi) is 6.73. The minimum atomic E-state index is -0.132. The maximum atomic E-state index is 12.0. The van der Waals surface area contributed by atoms with Crippen molar-refractivity contribution in [3.63, 3.8) is 0 Å². The third-order valence-corrected chi connectivity index (χ3v) is 5.14. The van der Waals surface area contributed by atoms with E-state index in [4.69, 9.17) is 9.15 Å². The molecule has 0 aliphatic rings. The molecule has 1 heterocycles. The summed E-state index contributed by atoms with van der Waals surface area (Å²) in [5.41, 5.74) is 2.92. The number of ether oxygens (including phenoxy) is 1. The Morgan fingerprint density at radius 1 is 1.19 bits per heavy atom. The number of anilines is 1. The zero-order chi connectivity index (χ0) is 19.2. The first kappa shape index (κ1) is 19.7. The van der Waals surface area contributed by atoms with E-state index in [2.05, 4.69) is 38.1 Å². The molecule has 2 aromatic carbocycles. The monoisotopic (exact) mass is 495 g/mol. The summed E-state index contributed by atoms with van der Waals surface area (Å²) in [6, 6.07) is 13.6. The first-order valence-electron chi connectivity index (χ1n) is 8.20. The Morgan fingerprint density at radius 2 is 1.96 bits per heavy atom. The third kappa shape index (κ3) is 5.96. The Bertz CT molecular complexity index is 928. The molecule has 0 aliphatic heterocycles. The minimum absolute atomic E-state index is 0.132. The van der Waals surface area contributed by atoms with Gasteiger partial charge in [-0.25, -0.2) is 0 Å². The summed E-state index contributed by atoms with van der Waals surface area (Å²) in [6.45, 7) is 4.18. The molecular weight excluding hydrogens is 477 g/mol. The van der Waals surface area contributed by atoms with Gasteiger partial charge in [0.05, 0.1) is 5.75 Å². The second-order valence-electron chi connectivity index (χ2n) is 5.86. The molecule has 8 heteroatoms. The predicted molar refractivity (Wildman–Crippen MR) is 113 cm³/mol. The van der Waals surface area contributed by atoms with Crippen molar-refractivity contribution in [1.29, 1.82) is 0 Å². The molecule has 1 amide bonds. The van der Waals surface area contributed by atoms with Crippen molar-refractivity contribution in [2.45, 2.75) is 25.7 Å². The highest BCUT2D eigenvalue weighted by atomic mass is 127. The molecule has 27 heavy (non-hydrogen) atoms. The Balaban J connectivity index is 1.48. The number of rotatable bonds is 7. The smallest absolute Gasteiger partial charge is 0.277 e. The van der Waals surface area contributed by atoms with Crippen LogP contribution in [0.3, 0.4) is 0 Å². The normalized spacial score (nSPS) is 10.6. The van der Waals surface area contributed by atoms with Gasteiger partial charge in [0.2, 0.25) is 5.91 Å². The molecule has 3 aromatic rings. The number of hydrogen-bond acceptors (Lipinski definition) is 6. The molecule has 0 unspecified atom stereocenters. The van der Waals surface area contributed by atoms with Crippen LogP contribution < -0.4 is 10.1 Å². The number of thioether (sulfide) groups is 1. The van der Waals surface area contributed by atoms with Gasteiger partial charge in [0.25, 0.3) is 11.1 Å². The van der Waals surface area contributed by atoms with E-state index in [1.54, 1.807) is 0 Å². The van der Waals surface area contributed by atoms with E-state index in [9.17, 15) is 4.79 Å². The van der Waals surface area contributed by atoms with Gasteiger partial charge in [-0.15, -0.1) is 10.2 Å². The van der Waals surface area contributed by atoms with Crippen molar-refractivity contribution in [2.75, 3.05) is 11.1 Å². The van der Waals surface area contributed by atoms with Crippen LogP contribution >= 0.6 is 34.4 Å². The molecule has 3 rings (SSSR count). The number of nitrogens with one attached hydrogen (secondary N) is 1. The van der Waals surface area contributed by atoms with Gasteiger partial charge in [0.15, 0.2) is 6.61 Å². The summed E-state index contributed by atoms with van der Waals surface area (Å²) in [4.78, 5) is 12.0. The Hall–Kier alpha value is -2.07. The molecule has 0 spiro atoms. The lowest BCUT2D eigenvalue weighted by Crippen LogP contribution is -2.13. The van der Waals surface area contributed by atoms with Gasteiger partial charge in [-0.05, 0) is 77.9 Å². The van der Waals surface area contributed by atoms with E-state index < -0.39 is 0 Å². The zero-order valence-corrected chi connectivity index (χ0v) is 17.8. The second-order valence-corrected chi connectivity index (χ2v) is 8.04. The van der Waals surface area contributed by atoms with Gasteiger partial charge in [-0.1, -0.05) is 23.9 Å². The number of carbonyl (C=O) groups is 1. The largest absolute Gasteiger partial charge is 0.484 e.